The Balaban J connectivity index is 3.39. The summed E-state index contributed by atoms with van der Waals surface area (Å²) in [7, 11) is 0. The zero-order valence-corrected chi connectivity index (χ0v) is 6.26. The largest absolute Gasteiger partial charge is 0.397 e. The first-order valence-corrected chi connectivity index (χ1v) is 3.14. The van der Waals surface area contributed by atoms with Crippen LogP contribution in [0, 0.1) is 11.3 Å². The van der Waals surface area contributed by atoms with E-state index in [0.29, 0.717) is 0 Å². The van der Waals surface area contributed by atoms with Gasteiger partial charge in [-0.25, -0.2) is 4.98 Å². The monoisotopic (exact) mass is 168 g/mol. The maximum atomic E-state index is 8.46. The van der Waals surface area contributed by atoms with E-state index >= 15 is 0 Å². The van der Waals surface area contributed by atoms with Crippen LogP contribution in [-0.4, -0.2) is 4.98 Å². The van der Waals surface area contributed by atoms with Crippen LogP contribution < -0.4 is 11.5 Å². The van der Waals surface area contributed by atoms with Crippen LogP contribution in [0.1, 0.15) is 5.69 Å². The van der Waals surface area contributed by atoms with Gasteiger partial charge in [0.15, 0.2) is 5.69 Å². The van der Waals surface area contributed by atoms with Gasteiger partial charge in [-0.1, -0.05) is 11.6 Å². The van der Waals surface area contributed by atoms with Gasteiger partial charge in [-0.2, -0.15) is 5.26 Å². The van der Waals surface area contributed by atoms with Crippen LogP contribution in [0.4, 0.5) is 11.4 Å². The molecule has 0 aliphatic rings. The summed E-state index contributed by atoms with van der Waals surface area (Å²) in [5, 5.41) is 8.63. The summed E-state index contributed by atoms with van der Waals surface area (Å²) in [6.45, 7) is 0. The second-order valence-electron chi connectivity index (χ2n) is 1.91. The molecule has 0 saturated carbocycles. The van der Waals surface area contributed by atoms with Gasteiger partial charge in [0.1, 0.15) is 11.2 Å². The summed E-state index contributed by atoms with van der Waals surface area (Å²) in [6, 6.07) is 3.18. The van der Waals surface area contributed by atoms with Crippen LogP contribution in [0.5, 0.6) is 0 Å². The lowest BCUT2D eigenvalue weighted by Gasteiger charge is -2.00. The fraction of sp³-hybridized carbons (Fsp3) is 0. The first-order chi connectivity index (χ1) is 5.15. The highest BCUT2D eigenvalue weighted by Gasteiger charge is 2.04. The number of nitrogens with two attached hydrogens (primary N) is 2. The van der Waals surface area contributed by atoms with Crippen molar-refractivity contribution in [1.29, 1.82) is 5.26 Å². The molecule has 0 aliphatic carbocycles. The van der Waals surface area contributed by atoms with Gasteiger partial charge in [0.25, 0.3) is 0 Å². The SMILES string of the molecule is N#Cc1nc(Cl)cc(N)c1N. The second-order valence-corrected chi connectivity index (χ2v) is 2.30. The number of nitriles is 1. The fourth-order valence-corrected chi connectivity index (χ4v) is 0.829. The summed E-state index contributed by atoms with van der Waals surface area (Å²) in [4.78, 5) is 3.65. The summed E-state index contributed by atoms with van der Waals surface area (Å²) < 4.78 is 0. The van der Waals surface area contributed by atoms with E-state index in [1.54, 1.807) is 6.07 Å². The molecule has 0 unspecified atom stereocenters. The lowest BCUT2D eigenvalue weighted by molar-refractivity contribution is 1.27. The zero-order chi connectivity index (χ0) is 8.43. The summed E-state index contributed by atoms with van der Waals surface area (Å²) >= 11 is 5.50. The van der Waals surface area contributed by atoms with Crippen molar-refractivity contribution in [2.75, 3.05) is 11.5 Å². The Morgan fingerprint density at radius 3 is 2.73 bits per heavy atom. The minimum Gasteiger partial charge on any atom is -0.397 e. The van der Waals surface area contributed by atoms with Gasteiger partial charge in [-0.05, 0) is 0 Å². The number of anilines is 2. The average Bonchev–Trinajstić information content (AvgIpc) is 1.96. The molecule has 0 radical (unpaired) electrons. The number of hydrogen-bond acceptors (Lipinski definition) is 4. The van der Waals surface area contributed by atoms with Crippen LogP contribution in [0.25, 0.3) is 0 Å². The second kappa shape index (κ2) is 2.64. The predicted octanol–water partition coefficient (Wildman–Crippen LogP) is 0.771. The van der Waals surface area contributed by atoms with Crippen LogP contribution >= 0.6 is 11.6 Å². The van der Waals surface area contributed by atoms with E-state index in [1.165, 1.54) is 6.07 Å². The molecule has 56 valence electrons. The Labute approximate surface area is 68.4 Å². The Kier molecular flexibility index (Phi) is 1.83. The predicted molar refractivity (Wildman–Crippen MR) is 42.8 cm³/mol. The molecule has 4 nitrogen and oxygen atoms in total. The fourth-order valence-electron chi connectivity index (χ4n) is 0.627. The number of aromatic nitrogens is 1. The average molecular weight is 169 g/mol. The molecule has 0 saturated heterocycles. The minimum absolute atomic E-state index is 0.0648. The number of nitrogen functional groups attached to an aromatic ring is 2. The van der Waals surface area contributed by atoms with E-state index in [0.717, 1.165) is 0 Å². The molecule has 4 N–H and O–H groups in total. The molecule has 5 heteroatoms. The first-order valence-electron chi connectivity index (χ1n) is 2.76. The van der Waals surface area contributed by atoms with E-state index in [9.17, 15) is 0 Å². The first kappa shape index (κ1) is 7.63. The lowest BCUT2D eigenvalue weighted by Crippen LogP contribution is -1.99. The van der Waals surface area contributed by atoms with Crippen molar-refractivity contribution < 1.29 is 0 Å². The zero-order valence-electron chi connectivity index (χ0n) is 5.50. The van der Waals surface area contributed by atoms with E-state index in [1.807, 2.05) is 0 Å². The maximum Gasteiger partial charge on any atom is 0.167 e. The van der Waals surface area contributed by atoms with Gasteiger partial charge in [-0.15, -0.1) is 0 Å². The van der Waals surface area contributed by atoms with Gasteiger partial charge < -0.3 is 11.5 Å². The Bertz CT molecular complexity index is 328. The molecule has 0 aliphatic heterocycles. The molecule has 11 heavy (non-hydrogen) atoms. The molecular weight excluding hydrogens is 164 g/mol. The molecular formula is C6H5ClN4. The third-order valence-electron chi connectivity index (χ3n) is 1.17. The highest BCUT2D eigenvalue weighted by molar-refractivity contribution is 6.29. The van der Waals surface area contributed by atoms with Crippen molar-refractivity contribution in [2.45, 2.75) is 0 Å². The quantitative estimate of drug-likeness (QED) is 0.560. The number of pyridine rings is 1. The van der Waals surface area contributed by atoms with E-state index < -0.39 is 0 Å². The number of rotatable bonds is 0. The summed E-state index contributed by atoms with van der Waals surface area (Å²) in [6.07, 6.45) is 0. The van der Waals surface area contributed by atoms with Crippen LogP contribution in [-0.2, 0) is 0 Å². The lowest BCUT2D eigenvalue weighted by atomic mass is 10.3. The molecule has 0 bridgehead atoms. The standard InChI is InChI=1S/C6H5ClN4/c7-5-1-3(9)6(10)4(2-8)11-5/h1H,10H2,(H2,9,11). The highest BCUT2D eigenvalue weighted by atomic mass is 35.5. The number of hydrogen-bond donors (Lipinski definition) is 2. The van der Waals surface area contributed by atoms with Crippen molar-refractivity contribution in [1.82, 2.24) is 4.98 Å². The van der Waals surface area contributed by atoms with Gasteiger partial charge in [0.2, 0.25) is 0 Å². The van der Waals surface area contributed by atoms with Gasteiger partial charge >= 0.3 is 0 Å². The maximum absolute atomic E-state index is 8.46. The molecule has 1 aromatic rings. The highest BCUT2D eigenvalue weighted by Crippen LogP contribution is 2.20. The smallest absolute Gasteiger partial charge is 0.167 e. The van der Waals surface area contributed by atoms with Crippen molar-refractivity contribution in [3.05, 3.63) is 16.9 Å². The number of halogens is 1. The third-order valence-corrected chi connectivity index (χ3v) is 1.36. The molecule has 1 aromatic heterocycles. The summed E-state index contributed by atoms with van der Waals surface area (Å²) in [5.74, 6) is 0. The van der Waals surface area contributed by atoms with Crippen LogP contribution in [0.2, 0.25) is 5.15 Å². The molecule has 0 aromatic carbocycles. The number of nitrogens with zero attached hydrogens (tertiary/aromatic N) is 2. The van der Waals surface area contributed by atoms with Crippen molar-refractivity contribution in [3.8, 4) is 6.07 Å². The Hall–Kier alpha value is -1.47. The van der Waals surface area contributed by atoms with Gasteiger partial charge in [-0.3, -0.25) is 0 Å². The molecule has 1 rings (SSSR count). The van der Waals surface area contributed by atoms with Crippen molar-refractivity contribution in [3.63, 3.8) is 0 Å². The summed E-state index contributed by atoms with van der Waals surface area (Å²) in [5.41, 5.74) is 11.3. The Morgan fingerprint density at radius 2 is 2.18 bits per heavy atom. The van der Waals surface area contributed by atoms with Crippen LogP contribution in [0.3, 0.4) is 0 Å². The van der Waals surface area contributed by atoms with Crippen molar-refractivity contribution in [2.24, 2.45) is 0 Å². The molecule has 0 fully saturated rings. The van der Waals surface area contributed by atoms with Gasteiger partial charge in [0.05, 0.1) is 11.4 Å². The topological polar surface area (TPSA) is 88.7 Å². The van der Waals surface area contributed by atoms with E-state index in [2.05, 4.69) is 4.98 Å². The molecule has 1 heterocycles. The van der Waals surface area contributed by atoms with Gasteiger partial charge in [0, 0.05) is 6.07 Å². The normalized spacial score (nSPS) is 9.09. The third kappa shape index (κ3) is 1.33. The molecule has 0 amide bonds. The van der Waals surface area contributed by atoms with Crippen LogP contribution in [0.15, 0.2) is 6.07 Å². The Morgan fingerprint density at radius 1 is 1.55 bits per heavy atom. The molecule has 0 spiro atoms. The molecule has 0 atom stereocenters. The van der Waals surface area contributed by atoms with E-state index in [-0.39, 0.29) is 22.2 Å². The van der Waals surface area contributed by atoms with Crippen molar-refractivity contribution >= 4 is 23.0 Å². The van der Waals surface area contributed by atoms with E-state index in [4.69, 9.17) is 28.3 Å². The minimum atomic E-state index is 0.0648.